The smallest absolute Gasteiger partial charge is 0.264 e. The first-order valence-electron chi connectivity index (χ1n) is 9.73. The molecule has 0 amide bonds. The van der Waals surface area contributed by atoms with Crippen LogP contribution in [0.1, 0.15) is 40.6 Å². The number of Topliss-reactive ketones (excluding diaryl/α,β-unsaturated/α-hetero) is 2. The first-order chi connectivity index (χ1) is 12.9. The zero-order valence-corrected chi connectivity index (χ0v) is 10.7. The number of ketones is 2. The number of nitrogens with two attached hydrogens (primary N) is 1. The number of aryl methyl sites for hydroxylation is 1. The van der Waals surface area contributed by atoms with Gasteiger partial charge in [0.2, 0.25) is 0 Å². The predicted octanol–water partition coefficient (Wildman–Crippen LogP) is 1.15. The van der Waals surface area contributed by atoms with Crippen LogP contribution in [0.2, 0.25) is 0 Å². The second-order valence-corrected chi connectivity index (χ2v) is 4.47. The van der Waals surface area contributed by atoms with Gasteiger partial charge in [-0.25, -0.2) is 4.98 Å². The lowest BCUT2D eigenvalue weighted by Crippen LogP contribution is -2.36. The Hall–Kier alpha value is -2.50. The fourth-order valence-electron chi connectivity index (χ4n) is 2.12. The summed E-state index contributed by atoms with van der Waals surface area (Å²) in [6.07, 6.45) is -6.22. The summed E-state index contributed by atoms with van der Waals surface area (Å²) in [5.74, 6) is -3.09. The highest BCUT2D eigenvalue weighted by molar-refractivity contribution is 6.03. The Kier molecular flexibility index (Phi) is 1.71. The summed E-state index contributed by atoms with van der Waals surface area (Å²) in [7, 11) is 0. The van der Waals surface area contributed by atoms with Gasteiger partial charge >= 0.3 is 0 Å². The molecular weight excluding hydrogens is 270 g/mol. The number of aromatic nitrogens is 2. The van der Waals surface area contributed by atoms with Crippen LogP contribution in [0.3, 0.4) is 0 Å². The molecule has 1 aromatic carbocycles. The van der Waals surface area contributed by atoms with Crippen molar-refractivity contribution in [2.75, 3.05) is 5.73 Å². The minimum absolute atomic E-state index is 0.152. The molecule has 1 aliphatic rings. The SMILES string of the molecule is [2H]c1ccc(N)c2c(=O)n(C3([2H])C(=O)CC(=O)C([2H])C3([2H])[2H])c(C([2H])[2H])nc12. The van der Waals surface area contributed by atoms with Gasteiger partial charge in [-0.1, -0.05) is 6.07 Å². The molecule has 1 fully saturated rings. The third kappa shape index (κ3) is 2.12. The van der Waals surface area contributed by atoms with Crippen molar-refractivity contribution < 1.29 is 19.2 Å². The topological polar surface area (TPSA) is 95.0 Å². The minimum Gasteiger partial charge on any atom is -0.398 e. The van der Waals surface area contributed by atoms with Crippen LogP contribution in [0.5, 0.6) is 0 Å². The normalized spacial score (nSPS) is 33.6. The van der Waals surface area contributed by atoms with Gasteiger partial charge in [-0.2, -0.15) is 0 Å². The molecule has 1 saturated carbocycles. The minimum atomic E-state index is -3.14. The van der Waals surface area contributed by atoms with Crippen LogP contribution >= 0.6 is 0 Å². The van der Waals surface area contributed by atoms with E-state index in [1.54, 1.807) is 0 Å². The molecule has 3 rings (SSSR count). The number of hydrogen-bond acceptors (Lipinski definition) is 5. The number of fused-ring (bicyclic) bond motifs is 1. The molecule has 21 heavy (non-hydrogen) atoms. The van der Waals surface area contributed by atoms with Gasteiger partial charge < -0.3 is 5.73 Å². The van der Waals surface area contributed by atoms with Crippen molar-refractivity contribution >= 4 is 28.2 Å². The molecule has 2 atom stereocenters. The number of hydrogen-bond donors (Lipinski definition) is 1. The molecule has 0 bridgehead atoms. The summed E-state index contributed by atoms with van der Waals surface area (Å²) in [4.78, 5) is 41.5. The molecular formula is C15H15N3O3. The number of nitrogens with zero attached hydrogens (tertiary/aromatic N) is 2. The highest BCUT2D eigenvalue weighted by Gasteiger charge is 2.30. The maximum absolute atomic E-state index is 13.2. The van der Waals surface area contributed by atoms with Gasteiger partial charge in [0.25, 0.3) is 5.56 Å². The second kappa shape index (κ2) is 4.80. The van der Waals surface area contributed by atoms with Gasteiger partial charge in [-0.15, -0.1) is 0 Å². The van der Waals surface area contributed by atoms with Gasteiger partial charge in [-0.3, -0.25) is 19.0 Å². The molecule has 6 heteroatoms. The van der Waals surface area contributed by atoms with Crippen molar-refractivity contribution in [3.63, 3.8) is 0 Å². The number of rotatable bonds is 1. The molecule has 2 aromatic rings. The van der Waals surface area contributed by atoms with Crippen LogP contribution in [0, 0.1) is 6.88 Å². The average Bonchev–Trinajstić information content (AvgIpc) is 2.61. The Balaban J connectivity index is 2.52. The van der Waals surface area contributed by atoms with E-state index in [4.69, 9.17) is 15.3 Å². The van der Waals surface area contributed by atoms with Crippen molar-refractivity contribution in [1.29, 1.82) is 0 Å². The molecule has 0 aliphatic heterocycles. The Bertz CT molecular complexity index is 1080. The van der Waals surface area contributed by atoms with Gasteiger partial charge in [0, 0.05) is 18.9 Å². The van der Waals surface area contributed by atoms with Crippen molar-refractivity contribution in [2.24, 2.45) is 0 Å². The van der Waals surface area contributed by atoms with Crippen LogP contribution in [-0.2, 0) is 9.59 Å². The van der Waals surface area contributed by atoms with E-state index in [2.05, 4.69) is 4.98 Å². The molecule has 0 saturated heterocycles. The molecule has 0 spiro atoms. The van der Waals surface area contributed by atoms with Crippen LogP contribution in [0.15, 0.2) is 23.0 Å². The zero-order chi connectivity index (χ0) is 21.2. The Morgan fingerprint density at radius 2 is 2.38 bits per heavy atom. The largest absolute Gasteiger partial charge is 0.398 e. The van der Waals surface area contributed by atoms with Crippen LogP contribution in [0.25, 0.3) is 10.9 Å². The summed E-state index contributed by atoms with van der Waals surface area (Å²) < 4.78 is 56.0. The standard InChI is InChI=1S/C15H15N3O3/c1-8-17-11-4-2-3-10(16)14(11)15(21)18(8)12-6-5-9(19)7-13(12)20/h2-4,12H,5-7,16H2,1H3/i1D2,4D,5D,6D2,12D. The number of anilines is 1. The van der Waals surface area contributed by atoms with E-state index in [-0.39, 0.29) is 27.2 Å². The maximum atomic E-state index is 13.2. The van der Waals surface area contributed by atoms with E-state index in [1.807, 2.05) is 0 Å². The number of nitrogen functional groups attached to an aromatic ring is 1. The molecule has 2 N–H and O–H groups in total. The van der Waals surface area contributed by atoms with E-state index in [1.165, 1.54) is 12.1 Å². The van der Waals surface area contributed by atoms with Gasteiger partial charge in [-0.05, 0) is 25.4 Å². The van der Waals surface area contributed by atoms with E-state index in [0.717, 1.165) is 0 Å². The molecule has 0 radical (unpaired) electrons. The quantitative estimate of drug-likeness (QED) is 0.628. The highest BCUT2D eigenvalue weighted by Crippen LogP contribution is 2.24. The lowest BCUT2D eigenvalue weighted by Gasteiger charge is -2.24. The molecule has 1 aromatic heterocycles. The van der Waals surface area contributed by atoms with Gasteiger partial charge in [0.1, 0.15) is 11.6 Å². The van der Waals surface area contributed by atoms with Crippen molar-refractivity contribution in [3.05, 3.63) is 34.4 Å². The third-order valence-corrected chi connectivity index (χ3v) is 3.07. The molecule has 1 aliphatic carbocycles. The monoisotopic (exact) mass is 292 g/mol. The van der Waals surface area contributed by atoms with Crippen molar-refractivity contribution in [3.8, 4) is 0 Å². The summed E-state index contributed by atoms with van der Waals surface area (Å²) in [6.45, 7) is -2.02. The van der Waals surface area contributed by atoms with E-state index >= 15 is 0 Å². The summed E-state index contributed by atoms with van der Waals surface area (Å²) in [6, 6.07) is -0.894. The molecule has 108 valence electrons. The Morgan fingerprint density at radius 1 is 1.57 bits per heavy atom. The number of carbonyl (C=O) groups is 2. The van der Waals surface area contributed by atoms with Crippen molar-refractivity contribution in [1.82, 2.24) is 9.55 Å². The Labute approximate surface area is 130 Å². The third-order valence-electron chi connectivity index (χ3n) is 3.07. The fraction of sp³-hybridized carbons (Fsp3) is 0.333. The highest BCUT2D eigenvalue weighted by atomic mass is 16.2. The predicted molar refractivity (Wildman–Crippen MR) is 78.1 cm³/mol. The van der Waals surface area contributed by atoms with Gasteiger partial charge in [0.05, 0.1) is 26.1 Å². The van der Waals surface area contributed by atoms with Crippen LogP contribution in [0.4, 0.5) is 5.69 Å². The van der Waals surface area contributed by atoms with E-state index in [0.29, 0.717) is 0 Å². The number of carbonyl (C=O) groups excluding carboxylic acids is 2. The zero-order valence-electron chi connectivity index (χ0n) is 17.7. The summed E-state index contributed by atoms with van der Waals surface area (Å²) in [5.41, 5.74) is 4.18. The van der Waals surface area contributed by atoms with Crippen LogP contribution < -0.4 is 11.3 Å². The Morgan fingerprint density at radius 3 is 3.14 bits per heavy atom. The first kappa shape index (κ1) is 7.49. The molecule has 6 nitrogen and oxygen atoms in total. The summed E-state index contributed by atoms with van der Waals surface area (Å²) in [5, 5.41) is -0.370. The average molecular weight is 292 g/mol. The van der Waals surface area contributed by atoms with E-state index in [9.17, 15) is 14.4 Å². The maximum Gasteiger partial charge on any atom is 0.264 e. The van der Waals surface area contributed by atoms with E-state index < -0.39 is 55.0 Å². The fourth-order valence-corrected chi connectivity index (χ4v) is 2.12. The first-order valence-corrected chi connectivity index (χ1v) is 6.00. The molecule has 1 heterocycles. The lowest BCUT2D eigenvalue weighted by atomic mass is 9.92. The summed E-state index contributed by atoms with van der Waals surface area (Å²) >= 11 is 0. The van der Waals surface area contributed by atoms with Crippen LogP contribution in [-0.4, -0.2) is 21.1 Å². The number of benzene rings is 1. The van der Waals surface area contributed by atoms with Crippen molar-refractivity contribution in [2.45, 2.75) is 32.1 Å². The molecule has 2 unspecified atom stereocenters. The second-order valence-electron chi connectivity index (χ2n) is 4.47. The lowest BCUT2D eigenvalue weighted by molar-refractivity contribution is -0.132. The van der Waals surface area contributed by atoms with Gasteiger partial charge in [0.15, 0.2) is 5.78 Å².